The van der Waals surface area contributed by atoms with Crippen molar-refractivity contribution < 1.29 is 0 Å². The van der Waals surface area contributed by atoms with E-state index in [-0.39, 0.29) is 0 Å². The Morgan fingerprint density at radius 2 is 2.12 bits per heavy atom. The van der Waals surface area contributed by atoms with Gasteiger partial charge in [0.2, 0.25) is 0 Å². The summed E-state index contributed by atoms with van der Waals surface area (Å²) in [5.41, 5.74) is 2.73. The Morgan fingerprint density at radius 3 is 2.88 bits per heavy atom. The topological polar surface area (TPSA) is 41.6 Å². The van der Waals surface area contributed by atoms with E-state index >= 15 is 0 Å². The number of aromatic nitrogens is 3. The first-order chi connectivity index (χ1) is 7.74. The van der Waals surface area contributed by atoms with Gasteiger partial charge in [0, 0.05) is 10.2 Å². The lowest BCUT2D eigenvalue weighted by molar-refractivity contribution is 1.22. The summed E-state index contributed by atoms with van der Waals surface area (Å²) in [6.07, 6.45) is 0. The van der Waals surface area contributed by atoms with E-state index in [2.05, 4.69) is 30.9 Å². The Labute approximate surface area is 105 Å². The van der Waals surface area contributed by atoms with Crippen molar-refractivity contribution in [1.82, 2.24) is 15.0 Å². The Kier molecular flexibility index (Phi) is 2.29. The molecule has 80 valence electrons. The van der Waals surface area contributed by atoms with E-state index in [1.54, 1.807) is 11.3 Å². The van der Waals surface area contributed by atoms with Crippen LogP contribution in [0.2, 0.25) is 0 Å². The van der Waals surface area contributed by atoms with Crippen molar-refractivity contribution in [2.24, 2.45) is 0 Å². The van der Waals surface area contributed by atoms with Gasteiger partial charge in [0.25, 0.3) is 0 Å². The molecule has 3 rings (SSSR count). The number of aromatic amines is 1. The van der Waals surface area contributed by atoms with Crippen molar-refractivity contribution in [3.05, 3.63) is 33.7 Å². The fraction of sp³-hybridized carbons (Fsp3) is 0.0909. The van der Waals surface area contributed by atoms with Crippen LogP contribution < -0.4 is 0 Å². The lowest BCUT2D eigenvalue weighted by Crippen LogP contribution is -1.80. The van der Waals surface area contributed by atoms with Crippen LogP contribution in [-0.2, 0) is 0 Å². The van der Waals surface area contributed by atoms with Crippen molar-refractivity contribution in [3.8, 4) is 10.7 Å². The van der Waals surface area contributed by atoms with Crippen LogP contribution in [0.1, 0.15) is 5.69 Å². The highest BCUT2D eigenvalue weighted by Gasteiger charge is 2.10. The van der Waals surface area contributed by atoms with Crippen LogP contribution in [-0.4, -0.2) is 15.0 Å². The molecule has 0 saturated carbocycles. The van der Waals surface area contributed by atoms with Gasteiger partial charge in [-0.2, -0.15) is 0 Å². The maximum atomic E-state index is 4.49. The number of pyridine rings is 1. The molecule has 0 aromatic carbocycles. The number of hydrogen-bond donors (Lipinski definition) is 1. The number of fused-ring (bicyclic) bond motifs is 1. The highest BCUT2D eigenvalue weighted by Crippen LogP contribution is 2.32. The van der Waals surface area contributed by atoms with Crippen molar-refractivity contribution in [2.75, 3.05) is 0 Å². The number of H-pyrrole nitrogens is 1. The zero-order chi connectivity index (χ0) is 11.1. The molecule has 0 unspecified atom stereocenters. The van der Waals surface area contributed by atoms with Gasteiger partial charge in [0.05, 0.1) is 10.4 Å². The van der Waals surface area contributed by atoms with Gasteiger partial charge in [0.15, 0.2) is 11.5 Å². The second-order valence-electron chi connectivity index (χ2n) is 3.51. The molecule has 0 radical (unpaired) electrons. The summed E-state index contributed by atoms with van der Waals surface area (Å²) in [5.74, 6) is 0.870. The lowest BCUT2D eigenvalue weighted by Gasteiger charge is -1.90. The second-order valence-corrected chi connectivity index (χ2v) is 5.28. The van der Waals surface area contributed by atoms with Gasteiger partial charge in [0.1, 0.15) is 0 Å². The van der Waals surface area contributed by atoms with Gasteiger partial charge in [-0.3, -0.25) is 0 Å². The SMILES string of the molecule is Cc1ccc2[nH]c(-c3sccc3Br)nc2n1. The van der Waals surface area contributed by atoms with Crippen LogP contribution in [0, 0.1) is 6.92 Å². The van der Waals surface area contributed by atoms with Gasteiger partial charge in [-0.1, -0.05) is 0 Å². The highest BCUT2D eigenvalue weighted by atomic mass is 79.9. The molecule has 3 heterocycles. The molecular weight excluding hydrogens is 286 g/mol. The number of hydrogen-bond acceptors (Lipinski definition) is 3. The third-order valence-corrected chi connectivity index (χ3v) is 4.16. The normalized spacial score (nSPS) is 11.1. The smallest absolute Gasteiger partial charge is 0.178 e. The van der Waals surface area contributed by atoms with E-state index in [4.69, 9.17) is 0 Å². The Balaban J connectivity index is 2.23. The van der Waals surface area contributed by atoms with Gasteiger partial charge in [-0.25, -0.2) is 9.97 Å². The maximum absolute atomic E-state index is 4.49. The number of nitrogens with one attached hydrogen (secondary N) is 1. The van der Waals surface area contributed by atoms with Gasteiger partial charge in [-0.15, -0.1) is 11.3 Å². The summed E-state index contributed by atoms with van der Waals surface area (Å²) in [4.78, 5) is 13.3. The first kappa shape index (κ1) is 9.99. The molecule has 0 saturated heterocycles. The zero-order valence-corrected chi connectivity index (χ0v) is 10.9. The Morgan fingerprint density at radius 1 is 1.25 bits per heavy atom. The third-order valence-electron chi connectivity index (χ3n) is 2.32. The van der Waals surface area contributed by atoms with Gasteiger partial charge in [-0.05, 0) is 46.4 Å². The van der Waals surface area contributed by atoms with E-state index in [1.165, 1.54) is 0 Å². The van der Waals surface area contributed by atoms with Crippen molar-refractivity contribution in [1.29, 1.82) is 0 Å². The molecule has 16 heavy (non-hydrogen) atoms. The number of halogens is 1. The summed E-state index contributed by atoms with van der Waals surface area (Å²) < 4.78 is 1.06. The summed E-state index contributed by atoms with van der Waals surface area (Å²) >= 11 is 5.16. The Bertz CT molecular complexity index is 656. The van der Waals surface area contributed by atoms with Gasteiger partial charge >= 0.3 is 0 Å². The Hall–Kier alpha value is -1.20. The fourth-order valence-corrected chi connectivity index (χ4v) is 3.06. The molecule has 3 nitrogen and oxygen atoms in total. The first-order valence-electron chi connectivity index (χ1n) is 4.81. The van der Waals surface area contributed by atoms with Crippen LogP contribution in [0.15, 0.2) is 28.1 Å². The average molecular weight is 294 g/mol. The predicted molar refractivity (Wildman–Crippen MR) is 69.6 cm³/mol. The van der Waals surface area contributed by atoms with Crippen molar-refractivity contribution in [3.63, 3.8) is 0 Å². The van der Waals surface area contributed by atoms with Crippen molar-refractivity contribution >= 4 is 38.4 Å². The van der Waals surface area contributed by atoms with Crippen LogP contribution in [0.3, 0.4) is 0 Å². The quantitative estimate of drug-likeness (QED) is 0.742. The predicted octanol–water partition coefficient (Wildman–Crippen LogP) is 3.76. The molecule has 0 fully saturated rings. The van der Waals surface area contributed by atoms with Crippen LogP contribution in [0.4, 0.5) is 0 Å². The molecule has 0 bridgehead atoms. The minimum Gasteiger partial charge on any atom is -0.336 e. The minimum absolute atomic E-state index is 0.773. The number of nitrogens with zero attached hydrogens (tertiary/aromatic N) is 2. The molecule has 0 aliphatic rings. The molecule has 0 spiro atoms. The molecular formula is C11H8BrN3S. The summed E-state index contributed by atoms with van der Waals surface area (Å²) in [6.45, 7) is 1.97. The van der Waals surface area contributed by atoms with E-state index in [0.29, 0.717) is 0 Å². The molecule has 0 aliphatic heterocycles. The monoisotopic (exact) mass is 293 g/mol. The molecule has 0 amide bonds. The summed E-state index contributed by atoms with van der Waals surface area (Å²) in [7, 11) is 0. The summed E-state index contributed by atoms with van der Waals surface area (Å²) in [5, 5.41) is 2.03. The highest BCUT2D eigenvalue weighted by molar-refractivity contribution is 9.10. The number of thiophene rings is 1. The van der Waals surface area contributed by atoms with E-state index in [9.17, 15) is 0 Å². The number of imidazole rings is 1. The number of rotatable bonds is 1. The van der Waals surface area contributed by atoms with E-state index in [0.717, 1.165) is 32.0 Å². The molecule has 0 aliphatic carbocycles. The molecule has 5 heteroatoms. The largest absolute Gasteiger partial charge is 0.336 e. The summed E-state index contributed by atoms with van der Waals surface area (Å²) in [6, 6.07) is 6.01. The maximum Gasteiger partial charge on any atom is 0.178 e. The minimum atomic E-state index is 0.773. The third kappa shape index (κ3) is 1.56. The van der Waals surface area contributed by atoms with Crippen LogP contribution >= 0.6 is 27.3 Å². The fourth-order valence-electron chi connectivity index (χ4n) is 1.56. The standard InChI is InChI=1S/C11H8BrN3S/c1-6-2-3-8-10(13-6)15-11(14-8)9-7(12)4-5-16-9/h2-5H,1H3,(H,13,14,15). The molecule has 1 N–H and O–H groups in total. The zero-order valence-electron chi connectivity index (χ0n) is 8.49. The van der Waals surface area contributed by atoms with Crippen LogP contribution in [0.25, 0.3) is 21.9 Å². The van der Waals surface area contributed by atoms with Crippen molar-refractivity contribution in [2.45, 2.75) is 6.92 Å². The first-order valence-corrected chi connectivity index (χ1v) is 6.48. The molecule has 0 atom stereocenters. The molecule has 3 aromatic rings. The van der Waals surface area contributed by atoms with E-state index in [1.807, 2.05) is 30.5 Å². The van der Waals surface area contributed by atoms with Crippen LogP contribution in [0.5, 0.6) is 0 Å². The lowest BCUT2D eigenvalue weighted by atomic mass is 10.4. The average Bonchev–Trinajstić information content (AvgIpc) is 2.82. The molecule has 3 aromatic heterocycles. The van der Waals surface area contributed by atoms with E-state index < -0.39 is 0 Å². The second kappa shape index (κ2) is 3.68. The van der Waals surface area contributed by atoms with Gasteiger partial charge < -0.3 is 4.98 Å². The number of aryl methyl sites for hydroxylation is 1.